The zero-order valence-corrected chi connectivity index (χ0v) is 18.8. The summed E-state index contributed by atoms with van der Waals surface area (Å²) in [6.07, 6.45) is 0. The van der Waals surface area contributed by atoms with Crippen LogP contribution in [0.3, 0.4) is 0 Å². The molecule has 10 heteroatoms. The van der Waals surface area contributed by atoms with Crippen LogP contribution in [0.4, 0.5) is 10.1 Å². The van der Waals surface area contributed by atoms with Crippen LogP contribution in [-0.2, 0) is 6.61 Å². The summed E-state index contributed by atoms with van der Waals surface area (Å²) in [7, 11) is 0. The van der Waals surface area contributed by atoms with Crippen molar-refractivity contribution in [1.29, 1.82) is 0 Å². The SMILES string of the molecule is NC(=O)c1nn(-c2cccc(F)c2)c2c1COc1ccc(NC(=O)c3cccc(Cl)c3Cl)cc1-2. The van der Waals surface area contributed by atoms with Gasteiger partial charge >= 0.3 is 0 Å². The number of benzene rings is 3. The summed E-state index contributed by atoms with van der Waals surface area (Å²) in [5.74, 6) is -1.16. The van der Waals surface area contributed by atoms with Crippen LogP contribution in [0.25, 0.3) is 16.9 Å². The second-order valence-corrected chi connectivity index (χ2v) is 8.27. The summed E-state index contributed by atoms with van der Waals surface area (Å²) in [6.45, 7) is 0.0553. The quantitative estimate of drug-likeness (QED) is 0.404. The topological polar surface area (TPSA) is 99.2 Å². The lowest BCUT2D eigenvalue weighted by atomic mass is 10.0. The number of ether oxygens (including phenoxy) is 1. The fourth-order valence-corrected chi connectivity index (χ4v) is 4.19. The van der Waals surface area contributed by atoms with Gasteiger partial charge in [-0.05, 0) is 48.5 Å². The van der Waals surface area contributed by atoms with Crippen molar-refractivity contribution in [2.45, 2.75) is 6.61 Å². The van der Waals surface area contributed by atoms with E-state index in [1.807, 2.05) is 0 Å². The number of nitrogens with one attached hydrogen (secondary N) is 1. The lowest BCUT2D eigenvalue weighted by Crippen LogP contribution is -2.16. The molecule has 0 radical (unpaired) electrons. The van der Waals surface area contributed by atoms with Gasteiger partial charge in [-0.2, -0.15) is 5.10 Å². The lowest BCUT2D eigenvalue weighted by Gasteiger charge is -2.21. The molecule has 0 saturated carbocycles. The van der Waals surface area contributed by atoms with E-state index in [2.05, 4.69) is 10.4 Å². The number of amides is 2. The van der Waals surface area contributed by atoms with Crippen molar-refractivity contribution in [2.24, 2.45) is 5.73 Å². The van der Waals surface area contributed by atoms with E-state index in [4.69, 9.17) is 33.7 Å². The molecule has 0 unspecified atom stereocenters. The minimum Gasteiger partial charge on any atom is -0.488 e. The van der Waals surface area contributed by atoms with Gasteiger partial charge in [-0.15, -0.1) is 0 Å². The molecular weight excluding hydrogens is 482 g/mol. The number of halogens is 3. The second kappa shape index (κ2) is 8.48. The van der Waals surface area contributed by atoms with Gasteiger partial charge in [-0.3, -0.25) is 9.59 Å². The van der Waals surface area contributed by atoms with Crippen LogP contribution in [0.1, 0.15) is 26.4 Å². The molecule has 7 nitrogen and oxygen atoms in total. The van der Waals surface area contributed by atoms with Crippen LogP contribution in [0.15, 0.2) is 60.7 Å². The number of fused-ring (bicyclic) bond motifs is 3. The van der Waals surface area contributed by atoms with Gasteiger partial charge in [-0.1, -0.05) is 35.3 Å². The van der Waals surface area contributed by atoms with Crippen LogP contribution >= 0.6 is 23.2 Å². The highest BCUT2D eigenvalue weighted by Gasteiger charge is 2.30. The molecule has 34 heavy (non-hydrogen) atoms. The Balaban J connectivity index is 1.61. The van der Waals surface area contributed by atoms with Gasteiger partial charge in [0, 0.05) is 16.8 Å². The monoisotopic (exact) mass is 496 g/mol. The maximum Gasteiger partial charge on any atom is 0.269 e. The molecule has 5 rings (SSSR count). The Bertz CT molecular complexity index is 1490. The number of rotatable bonds is 4. The third-order valence-corrected chi connectivity index (χ3v) is 6.15. The second-order valence-electron chi connectivity index (χ2n) is 7.49. The number of aromatic nitrogens is 2. The number of carbonyl (C=O) groups excluding carboxylic acids is 2. The third kappa shape index (κ3) is 3.76. The smallest absolute Gasteiger partial charge is 0.269 e. The first-order valence-corrected chi connectivity index (χ1v) is 10.8. The average molecular weight is 497 g/mol. The summed E-state index contributed by atoms with van der Waals surface area (Å²) in [5.41, 5.74) is 8.12. The van der Waals surface area contributed by atoms with Crippen molar-refractivity contribution in [2.75, 3.05) is 5.32 Å². The molecule has 4 aromatic rings. The van der Waals surface area contributed by atoms with E-state index >= 15 is 0 Å². The van der Waals surface area contributed by atoms with Crippen molar-refractivity contribution < 1.29 is 18.7 Å². The van der Waals surface area contributed by atoms with E-state index in [9.17, 15) is 14.0 Å². The molecule has 2 heterocycles. The Hall–Kier alpha value is -3.88. The molecule has 0 saturated heterocycles. The summed E-state index contributed by atoms with van der Waals surface area (Å²) in [6, 6.07) is 15.6. The molecule has 2 amide bonds. The number of primary amides is 1. The van der Waals surface area contributed by atoms with Gasteiger partial charge in [-0.25, -0.2) is 9.07 Å². The van der Waals surface area contributed by atoms with Gasteiger partial charge in [0.2, 0.25) is 0 Å². The zero-order valence-electron chi connectivity index (χ0n) is 17.3. The standard InChI is InChI=1S/C24H15Cl2FN4O3/c25-18-6-2-5-15(20(18)26)24(33)29-13-7-8-19-16(10-13)22-17(11-34-19)21(23(28)32)30-31(22)14-4-1-3-12(27)9-14/h1-10H,11H2,(H2,28,32)(H,29,33). The molecule has 1 aromatic heterocycles. The van der Waals surface area contributed by atoms with Crippen molar-refractivity contribution in [3.05, 3.63) is 93.3 Å². The van der Waals surface area contributed by atoms with Gasteiger partial charge in [0.15, 0.2) is 5.69 Å². The number of nitrogens with two attached hydrogens (primary N) is 1. The minimum absolute atomic E-state index is 0.0186. The molecule has 0 bridgehead atoms. The predicted octanol–water partition coefficient (Wildman–Crippen LogP) is 5.23. The van der Waals surface area contributed by atoms with E-state index in [0.717, 1.165) is 0 Å². The van der Waals surface area contributed by atoms with E-state index in [1.54, 1.807) is 42.5 Å². The Morgan fingerprint density at radius 1 is 1.09 bits per heavy atom. The largest absolute Gasteiger partial charge is 0.488 e. The maximum atomic E-state index is 14.0. The fourth-order valence-electron chi connectivity index (χ4n) is 3.80. The zero-order chi connectivity index (χ0) is 24.0. The van der Waals surface area contributed by atoms with Crippen LogP contribution in [0, 0.1) is 5.82 Å². The normalized spacial score (nSPS) is 11.9. The summed E-state index contributed by atoms with van der Waals surface area (Å²) in [5, 5.41) is 7.52. The van der Waals surface area contributed by atoms with E-state index in [1.165, 1.54) is 22.9 Å². The van der Waals surface area contributed by atoms with Crippen LogP contribution < -0.4 is 15.8 Å². The van der Waals surface area contributed by atoms with Gasteiger partial charge < -0.3 is 15.8 Å². The first kappa shape index (κ1) is 21.9. The van der Waals surface area contributed by atoms with E-state index < -0.39 is 17.6 Å². The predicted molar refractivity (Wildman–Crippen MR) is 126 cm³/mol. The van der Waals surface area contributed by atoms with Gasteiger partial charge in [0.25, 0.3) is 11.8 Å². The van der Waals surface area contributed by atoms with Crippen molar-refractivity contribution >= 4 is 40.7 Å². The Morgan fingerprint density at radius 2 is 1.88 bits per heavy atom. The summed E-state index contributed by atoms with van der Waals surface area (Å²) < 4.78 is 21.2. The highest BCUT2D eigenvalue weighted by atomic mass is 35.5. The Labute approximate surface area is 202 Å². The number of hydrogen-bond donors (Lipinski definition) is 2. The molecule has 3 aromatic carbocycles. The average Bonchev–Trinajstić information content (AvgIpc) is 3.21. The summed E-state index contributed by atoms with van der Waals surface area (Å²) >= 11 is 12.2. The molecule has 3 N–H and O–H groups in total. The van der Waals surface area contributed by atoms with Crippen molar-refractivity contribution in [3.8, 4) is 22.7 Å². The fraction of sp³-hybridized carbons (Fsp3) is 0.0417. The van der Waals surface area contributed by atoms with Crippen LogP contribution in [-0.4, -0.2) is 21.6 Å². The molecule has 0 aliphatic carbocycles. The lowest BCUT2D eigenvalue weighted by molar-refractivity contribution is 0.0990. The highest BCUT2D eigenvalue weighted by Crippen LogP contribution is 2.41. The Morgan fingerprint density at radius 3 is 2.65 bits per heavy atom. The van der Waals surface area contributed by atoms with Crippen molar-refractivity contribution in [1.82, 2.24) is 9.78 Å². The maximum absolute atomic E-state index is 14.0. The van der Waals surface area contributed by atoms with Crippen molar-refractivity contribution in [3.63, 3.8) is 0 Å². The summed E-state index contributed by atoms with van der Waals surface area (Å²) in [4.78, 5) is 24.9. The number of hydrogen-bond acceptors (Lipinski definition) is 4. The Kier molecular flexibility index (Phi) is 5.47. The molecule has 170 valence electrons. The van der Waals surface area contributed by atoms with Crippen LogP contribution in [0.5, 0.6) is 5.75 Å². The van der Waals surface area contributed by atoms with Crippen LogP contribution in [0.2, 0.25) is 10.0 Å². The van der Waals surface area contributed by atoms with E-state index in [0.29, 0.717) is 33.9 Å². The highest BCUT2D eigenvalue weighted by molar-refractivity contribution is 6.44. The number of nitrogens with zero attached hydrogens (tertiary/aromatic N) is 2. The minimum atomic E-state index is -0.737. The molecule has 0 fully saturated rings. The molecule has 1 aliphatic rings. The van der Waals surface area contributed by atoms with E-state index in [-0.39, 0.29) is 27.9 Å². The van der Waals surface area contributed by atoms with Gasteiger partial charge in [0.05, 0.1) is 27.0 Å². The number of anilines is 1. The van der Waals surface area contributed by atoms with Gasteiger partial charge in [0.1, 0.15) is 18.2 Å². The molecule has 1 aliphatic heterocycles. The number of carbonyl (C=O) groups is 2. The molecular formula is C24H15Cl2FN4O3. The first-order chi connectivity index (χ1) is 16.3. The molecule has 0 atom stereocenters. The molecule has 0 spiro atoms. The third-order valence-electron chi connectivity index (χ3n) is 5.33. The first-order valence-electron chi connectivity index (χ1n) is 10.0.